The number of anilines is 2. The van der Waals surface area contributed by atoms with Gasteiger partial charge in [-0.25, -0.2) is 0 Å². The van der Waals surface area contributed by atoms with Crippen LogP contribution in [0.5, 0.6) is 0 Å². The molecule has 2 rings (SSSR count). The second-order valence-corrected chi connectivity index (χ2v) is 6.44. The molecule has 1 aromatic heterocycles. The first-order chi connectivity index (χ1) is 10.3. The van der Waals surface area contributed by atoms with E-state index < -0.39 is 0 Å². The van der Waals surface area contributed by atoms with Crippen LogP contribution in [-0.2, 0) is 0 Å². The fourth-order valence-electron chi connectivity index (χ4n) is 1.56. The Labute approximate surface area is 131 Å². The van der Waals surface area contributed by atoms with Gasteiger partial charge in [-0.1, -0.05) is 41.3 Å². The number of nitriles is 2. The number of hydrogen-bond acceptors (Lipinski definition) is 7. The molecule has 2 aromatic rings. The van der Waals surface area contributed by atoms with Crippen LogP contribution in [-0.4, -0.2) is 16.0 Å². The van der Waals surface area contributed by atoms with Crippen molar-refractivity contribution in [3.05, 3.63) is 30.3 Å². The molecule has 7 heteroatoms. The number of nitrogens with one attached hydrogen (secondary N) is 1. The Morgan fingerprint density at radius 2 is 2.05 bits per heavy atom. The molecule has 1 aromatic carbocycles. The lowest BCUT2D eigenvalue weighted by Gasteiger charge is -2.03. The Kier molecular flexibility index (Phi) is 6.01. The second-order valence-electron chi connectivity index (χ2n) is 4.20. The average Bonchev–Trinajstić information content (AvgIpc) is 2.96. The molecule has 0 saturated carbocycles. The van der Waals surface area contributed by atoms with Crippen LogP contribution in [0.4, 0.5) is 10.8 Å². The van der Waals surface area contributed by atoms with E-state index in [0.717, 1.165) is 15.2 Å². The molecule has 0 fully saturated rings. The molecule has 0 spiro atoms. The molecular weight excluding hydrogens is 302 g/mol. The molecule has 0 amide bonds. The van der Waals surface area contributed by atoms with Gasteiger partial charge in [0.1, 0.15) is 0 Å². The highest BCUT2D eigenvalue weighted by Gasteiger charge is 2.11. The van der Waals surface area contributed by atoms with Gasteiger partial charge in [0.15, 0.2) is 4.34 Å². The lowest BCUT2D eigenvalue weighted by Crippen LogP contribution is -1.99. The third-order valence-corrected chi connectivity index (χ3v) is 4.76. The summed E-state index contributed by atoms with van der Waals surface area (Å²) in [6.45, 7) is 0. The summed E-state index contributed by atoms with van der Waals surface area (Å²) < 4.78 is 0.825. The highest BCUT2D eigenvalue weighted by molar-refractivity contribution is 8.01. The SMILES string of the molecule is N#CCCC(C#N)CSc1nnc(Nc2ccccc2)s1. The molecule has 0 radical (unpaired) electrons. The van der Waals surface area contributed by atoms with Crippen LogP contribution in [0, 0.1) is 28.6 Å². The van der Waals surface area contributed by atoms with E-state index in [1.54, 1.807) is 0 Å². The minimum absolute atomic E-state index is 0.121. The lowest BCUT2D eigenvalue weighted by molar-refractivity contribution is 0.685. The summed E-state index contributed by atoms with van der Waals surface area (Å²) in [6, 6.07) is 14.1. The largest absolute Gasteiger partial charge is 0.330 e. The highest BCUT2D eigenvalue weighted by Crippen LogP contribution is 2.29. The normalized spacial score (nSPS) is 11.3. The van der Waals surface area contributed by atoms with Gasteiger partial charge in [-0.05, 0) is 18.6 Å². The van der Waals surface area contributed by atoms with Crippen molar-refractivity contribution in [2.24, 2.45) is 5.92 Å². The fourth-order valence-corrected chi connectivity index (χ4v) is 3.42. The van der Waals surface area contributed by atoms with Crippen LogP contribution in [0.2, 0.25) is 0 Å². The van der Waals surface area contributed by atoms with Crippen molar-refractivity contribution in [1.82, 2.24) is 10.2 Å². The lowest BCUT2D eigenvalue weighted by atomic mass is 10.1. The Morgan fingerprint density at radius 3 is 2.76 bits per heavy atom. The number of hydrogen-bond donors (Lipinski definition) is 1. The van der Waals surface area contributed by atoms with E-state index in [1.165, 1.54) is 23.1 Å². The van der Waals surface area contributed by atoms with Crippen molar-refractivity contribution >= 4 is 33.9 Å². The maximum Gasteiger partial charge on any atom is 0.210 e. The molecule has 1 heterocycles. The van der Waals surface area contributed by atoms with Gasteiger partial charge < -0.3 is 5.32 Å². The monoisotopic (exact) mass is 315 g/mol. The fraction of sp³-hybridized carbons (Fsp3) is 0.286. The molecule has 0 aliphatic rings. The zero-order valence-electron chi connectivity index (χ0n) is 11.2. The number of thioether (sulfide) groups is 1. The molecule has 0 bridgehead atoms. The summed E-state index contributed by atoms with van der Waals surface area (Å²) in [5, 5.41) is 29.6. The zero-order chi connectivity index (χ0) is 14.9. The van der Waals surface area contributed by atoms with Crippen molar-refractivity contribution in [1.29, 1.82) is 10.5 Å². The molecule has 21 heavy (non-hydrogen) atoms. The van der Waals surface area contributed by atoms with Crippen LogP contribution < -0.4 is 5.32 Å². The van der Waals surface area contributed by atoms with Crippen molar-refractivity contribution < 1.29 is 0 Å². The minimum Gasteiger partial charge on any atom is -0.330 e. The molecule has 1 unspecified atom stereocenters. The number of aromatic nitrogens is 2. The third-order valence-electron chi connectivity index (χ3n) is 2.63. The molecular formula is C14H13N5S2. The maximum atomic E-state index is 9.01. The van der Waals surface area contributed by atoms with E-state index in [9.17, 15) is 0 Å². The van der Waals surface area contributed by atoms with Crippen LogP contribution in [0.1, 0.15) is 12.8 Å². The third kappa shape index (κ3) is 5.07. The Morgan fingerprint density at radius 1 is 1.24 bits per heavy atom. The number of nitrogens with zero attached hydrogens (tertiary/aromatic N) is 4. The van der Waals surface area contributed by atoms with Gasteiger partial charge >= 0.3 is 0 Å². The van der Waals surface area contributed by atoms with Crippen molar-refractivity contribution in [3.63, 3.8) is 0 Å². The predicted molar refractivity (Wildman–Crippen MR) is 84.3 cm³/mol. The Bertz CT molecular complexity index is 641. The smallest absolute Gasteiger partial charge is 0.210 e. The molecule has 1 atom stereocenters. The average molecular weight is 315 g/mol. The van der Waals surface area contributed by atoms with Gasteiger partial charge in [0, 0.05) is 17.9 Å². The first-order valence-corrected chi connectivity index (χ1v) is 8.17. The van der Waals surface area contributed by atoms with E-state index in [1.807, 2.05) is 30.3 Å². The summed E-state index contributed by atoms with van der Waals surface area (Å²) in [6.07, 6.45) is 1.02. The van der Waals surface area contributed by atoms with Crippen LogP contribution >= 0.6 is 23.1 Å². The van der Waals surface area contributed by atoms with E-state index in [4.69, 9.17) is 10.5 Å². The van der Waals surface area contributed by atoms with Gasteiger partial charge in [-0.3, -0.25) is 0 Å². The first kappa shape index (κ1) is 15.3. The predicted octanol–water partition coefficient (Wildman–Crippen LogP) is 3.82. The van der Waals surface area contributed by atoms with Gasteiger partial charge in [-0.2, -0.15) is 10.5 Å². The summed E-state index contributed by atoms with van der Waals surface area (Å²) in [7, 11) is 0. The number of para-hydroxylation sites is 1. The van der Waals surface area contributed by atoms with E-state index in [0.29, 0.717) is 18.6 Å². The van der Waals surface area contributed by atoms with Crippen LogP contribution in [0.3, 0.4) is 0 Å². The second kappa shape index (κ2) is 8.25. The van der Waals surface area contributed by atoms with Gasteiger partial charge in [0.2, 0.25) is 5.13 Å². The quantitative estimate of drug-likeness (QED) is 0.782. The number of benzene rings is 1. The topological polar surface area (TPSA) is 85.4 Å². The van der Waals surface area contributed by atoms with Crippen molar-refractivity contribution in [3.8, 4) is 12.1 Å². The number of rotatable bonds is 7. The summed E-state index contributed by atoms with van der Waals surface area (Å²) in [5.74, 6) is 0.516. The standard InChI is InChI=1S/C14H13N5S2/c15-8-4-5-11(9-16)10-20-14-19-18-13(21-14)17-12-6-2-1-3-7-12/h1-3,6-7,11H,4-5,10H2,(H,17,18). The maximum absolute atomic E-state index is 9.01. The van der Waals surface area contributed by atoms with Gasteiger partial charge in [0.25, 0.3) is 0 Å². The summed E-state index contributed by atoms with van der Waals surface area (Å²) in [5.41, 5.74) is 0.967. The summed E-state index contributed by atoms with van der Waals surface area (Å²) in [4.78, 5) is 0. The van der Waals surface area contributed by atoms with Crippen LogP contribution in [0.15, 0.2) is 34.7 Å². The molecule has 106 valence electrons. The zero-order valence-corrected chi connectivity index (χ0v) is 12.8. The van der Waals surface area contributed by atoms with Gasteiger partial charge in [0.05, 0.1) is 18.1 Å². The molecule has 0 saturated heterocycles. The van der Waals surface area contributed by atoms with E-state index in [-0.39, 0.29) is 5.92 Å². The summed E-state index contributed by atoms with van der Waals surface area (Å²) >= 11 is 2.97. The molecule has 1 N–H and O–H groups in total. The first-order valence-electron chi connectivity index (χ1n) is 6.36. The van der Waals surface area contributed by atoms with E-state index in [2.05, 4.69) is 27.7 Å². The van der Waals surface area contributed by atoms with Gasteiger partial charge in [-0.15, -0.1) is 10.2 Å². The Balaban J connectivity index is 1.86. The van der Waals surface area contributed by atoms with Crippen molar-refractivity contribution in [2.45, 2.75) is 17.2 Å². The van der Waals surface area contributed by atoms with Crippen LogP contribution in [0.25, 0.3) is 0 Å². The minimum atomic E-state index is -0.121. The van der Waals surface area contributed by atoms with Crippen molar-refractivity contribution in [2.75, 3.05) is 11.1 Å². The highest BCUT2D eigenvalue weighted by atomic mass is 32.2. The molecule has 5 nitrogen and oxygen atoms in total. The molecule has 0 aliphatic carbocycles. The molecule has 0 aliphatic heterocycles. The van der Waals surface area contributed by atoms with E-state index >= 15 is 0 Å². The Hall–Kier alpha value is -2.09.